The molecule has 128 valence electrons. The predicted molar refractivity (Wildman–Crippen MR) is 98.0 cm³/mol. The number of hydrogen-bond acceptors (Lipinski definition) is 4. The van der Waals surface area contributed by atoms with Crippen LogP contribution in [0, 0.1) is 4.77 Å². The maximum absolute atomic E-state index is 11.0. The topological polar surface area (TPSA) is 71.9 Å². The van der Waals surface area contributed by atoms with Gasteiger partial charge in [0, 0.05) is 12.6 Å². The molecule has 1 amide bonds. The first-order valence-corrected chi connectivity index (χ1v) is 8.21. The number of ether oxygens (including phenoxy) is 1. The highest BCUT2D eigenvalue weighted by Crippen LogP contribution is 2.17. The summed E-state index contributed by atoms with van der Waals surface area (Å²) in [6.45, 7) is 2.40. The van der Waals surface area contributed by atoms with Gasteiger partial charge in [-0.15, -0.1) is 0 Å². The van der Waals surface area contributed by atoms with Crippen LogP contribution in [-0.2, 0) is 17.9 Å². The van der Waals surface area contributed by atoms with E-state index in [1.54, 1.807) is 24.3 Å². The molecule has 0 radical (unpaired) electrons. The molecule has 0 atom stereocenters. The van der Waals surface area contributed by atoms with E-state index in [1.807, 2.05) is 34.9 Å². The van der Waals surface area contributed by atoms with Gasteiger partial charge in [-0.1, -0.05) is 30.3 Å². The molecule has 0 saturated heterocycles. The van der Waals surface area contributed by atoms with Gasteiger partial charge in [0.05, 0.1) is 6.54 Å². The van der Waals surface area contributed by atoms with Gasteiger partial charge in [0.2, 0.25) is 5.91 Å². The molecule has 3 rings (SSSR count). The van der Waals surface area contributed by atoms with E-state index in [2.05, 4.69) is 15.5 Å². The molecular formula is C18H18N4O2S. The van der Waals surface area contributed by atoms with Crippen LogP contribution < -0.4 is 10.1 Å². The van der Waals surface area contributed by atoms with E-state index < -0.39 is 0 Å². The van der Waals surface area contributed by atoms with Crippen LogP contribution in [0.15, 0.2) is 54.6 Å². The number of nitrogens with one attached hydrogen (secondary N) is 2. The summed E-state index contributed by atoms with van der Waals surface area (Å²) in [4.78, 5) is 11.0. The van der Waals surface area contributed by atoms with Crippen LogP contribution in [0.3, 0.4) is 0 Å². The molecule has 0 aliphatic carbocycles. The molecule has 6 nitrogen and oxygen atoms in total. The van der Waals surface area contributed by atoms with Gasteiger partial charge in [-0.05, 0) is 42.0 Å². The fourth-order valence-electron chi connectivity index (χ4n) is 2.38. The van der Waals surface area contributed by atoms with Gasteiger partial charge in [-0.25, -0.2) is 0 Å². The summed E-state index contributed by atoms with van der Waals surface area (Å²) in [5.41, 5.74) is 1.87. The highest BCUT2D eigenvalue weighted by Gasteiger charge is 2.08. The maximum Gasteiger partial charge on any atom is 0.221 e. The molecule has 2 aromatic carbocycles. The van der Waals surface area contributed by atoms with E-state index in [-0.39, 0.29) is 5.91 Å². The largest absolute Gasteiger partial charge is 0.486 e. The quantitative estimate of drug-likeness (QED) is 0.664. The van der Waals surface area contributed by atoms with Crippen molar-refractivity contribution in [2.24, 2.45) is 0 Å². The van der Waals surface area contributed by atoms with Gasteiger partial charge in [0.25, 0.3) is 0 Å². The molecule has 0 unspecified atom stereocenters. The lowest BCUT2D eigenvalue weighted by atomic mass is 10.2. The molecule has 0 saturated carbocycles. The molecule has 0 spiro atoms. The van der Waals surface area contributed by atoms with E-state index in [4.69, 9.17) is 17.0 Å². The Kier molecular flexibility index (Phi) is 5.25. The minimum Gasteiger partial charge on any atom is -0.486 e. The minimum absolute atomic E-state index is 0.106. The van der Waals surface area contributed by atoms with Crippen LogP contribution in [0.2, 0.25) is 0 Å². The molecule has 0 aliphatic heterocycles. The molecule has 1 heterocycles. The van der Waals surface area contributed by atoms with Crippen LogP contribution >= 0.6 is 12.2 Å². The van der Waals surface area contributed by atoms with Gasteiger partial charge < -0.3 is 10.1 Å². The van der Waals surface area contributed by atoms with Gasteiger partial charge in [-0.3, -0.25) is 14.5 Å². The number of H-pyrrole nitrogens is 1. The average molecular weight is 354 g/mol. The Morgan fingerprint density at radius 1 is 1.20 bits per heavy atom. The van der Waals surface area contributed by atoms with Crippen LogP contribution in [-0.4, -0.2) is 20.7 Å². The Labute approximate surface area is 150 Å². The van der Waals surface area contributed by atoms with Crippen LogP contribution in [0.25, 0.3) is 0 Å². The molecule has 0 fully saturated rings. The molecule has 2 N–H and O–H groups in total. The fourth-order valence-corrected chi connectivity index (χ4v) is 2.59. The molecule has 0 bridgehead atoms. The Hall–Kier alpha value is -2.93. The minimum atomic E-state index is -0.106. The zero-order chi connectivity index (χ0) is 17.6. The lowest BCUT2D eigenvalue weighted by Gasteiger charge is -2.09. The van der Waals surface area contributed by atoms with Crippen LogP contribution in [0.5, 0.6) is 5.75 Å². The Bertz CT molecular complexity index is 901. The Balaban J connectivity index is 1.67. The van der Waals surface area contributed by atoms with E-state index >= 15 is 0 Å². The number of benzene rings is 2. The highest BCUT2D eigenvalue weighted by atomic mass is 32.1. The molecular weight excluding hydrogens is 336 g/mol. The Morgan fingerprint density at radius 2 is 1.92 bits per heavy atom. The number of anilines is 1. The van der Waals surface area contributed by atoms with Gasteiger partial charge in [0.15, 0.2) is 10.6 Å². The van der Waals surface area contributed by atoms with Crippen LogP contribution in [0.1, 0.15) is 18.3 Å². The summed E-state index contributed by atoms with van der Waals surface area (Å²) < 4.78 is 8.25. The van der Waals surface area contributed by atoms with E-state index in [9.17, 15) is 4.79 Å². The third kappa shape index (κ3) is 4.54. The summed E-state index contributed by atoms with van der Waals surface area (Å²) >= 11 is 5.31. The van der Waals surface area contributed by atoms with E-state index in [0.29, 0.717) is 23.7 Å². The molecule has 7 heteroatoms. The third-order valence-corrected chi connectivity index (χ3v) is 3.88. The summed E-state index contributed by atoms with van der Waals surface area (Å²) in [5, 5.41) is 9.78. The predicted octanol–water partition coefficient (Wildman–Crippen LogP) is 3.53. The fraction of sp³-hybridized carbons (Fsp3) is 0.167. The number of aromatic amines is 1. The van der Waals surface area contributed by atoms with E-state index in [1.165, 1.54) is 6.92 Å². The second-order valence-electron chi connectivity index (χ2n) is 5.51. The van der Waals surface area contributed by atoms with Crippen LogP contribution in [0.4, 0.5) is 5.69 Å². The first-order chi connectivity index (χ1) is 12.1. The number of rotatable bonds is 6. The van der Waals surface area contributed by atoms with Crippen molar-refractivity contribution in [3.63, 3.8) is 0 Å². The van der Waals surface area contributed by atoms with Gasteiger partial charge >= 0.3 is 0 Å². The number of carbonyl (C=O) groups excluding carboxylic acids is 1. The van der Waals surface area contributed by atoms with Gasteiger partial charge in [0.1, 0.15) is 12.4 Å². The molecule has 25 heavy (non-hydrogen) atoms. The van der Waals surface area contributed by atoms with Crippen molar-refractivity contribution in [1.29, 1.82) is 0 Å². The summed E-state index contributed by atoms with van der Waals surface area (Å²) in [6, 6.07) is 17.2. The normalized spacial score (nSPS) is 10.4. The molecule has 1 aromatic heterocycles. The SMILES string of the molecule is CC(=O)Nc1ccc(OCc2n[nH]c(=S)n2Cc2ccccc2)cc1. The van der Waals surface area contributed by atoms with Gasteiger partial charge in [-0.2, -0.15) is 5.10 Å². The second-order valence-corrected chi connectivity index (χ2v) is 5.90. The average Bonchev–Trinajstić information content (AvgIpc) is 2.95. The number of carbonyl (C=O) groups is 1. The lowest BCUT2D eigenvalue weighted by molar-refractivity contribution is -0.114. The molecule has 0 aliphatic rings. The van der Waals surface area contributed by atoms with Crippen molar-refractivity contribution < 1.29 is 9.53 Å². The van der Waals surface area contributed by atoms with Crippen molar-refractivity contribution in [2.45, 2.75) is 20.1 Å². The zero-order valence-electron chi connectivity index (χ0n) is 13.7. The third-order valence-electron chi connectivity index (χ3n) is 3.56. The van der Waals surface area contributed by atoms with Crippen molar-refractivity contribution in [3.05, 3.63) is 70.8 Å². The van der Waals surface area contributed by atoms with Crippen molar-refractivity contribution >= 4 is 23.8 Å². The number of nitrogens with zero attached hydrogens (tertiary/aromatic N) is 2. The monoisotopic (exact) mass is 354 g/mol. The number of aromatic nitrogens is 3. The van der Waals surface area contributed by atoms with Crippen molar-refractivity contribution in [1.82, 2.24) is 14.8 Å². The first kappa shape index (κ1) is 16.9. The summed E-state index contributed by atoms with van der Waals surface area (Å²) in [6.07, 6.45) is 0. The highest BCUT2D eigenvalue weighted by molar-refractivity contribution is 7.71. The summed E-state index contributed by atoms with van der Waals surface area (Å²) in [5.74, 6) is 1.30. The zero-order valence-corrected chi connectivity index (χ0v) is 14.5. The first-order valence-electron chi connectivity index (χ1n) is 7.80. The Morgan fingerprint density at radius 3 is 2.60 bits per heavy atom. The number of amides is 1. The summed E-state index contributed by atoms with van der Waals surface area (Å²) in [7, 11) is 0. The van der Waals surface area contributed by atoms with E-state index in [0.717, 1.165) is 17.1 Å². The standard InChI is InChI=1S/C18H18N4O2S/c1-13(23)19-15-7-9-16(10-8-15)24-12-17-20-21-18(25)22(17)11-14-5-3-2-4-6-14/h2-10H,11-12H2,1H3,(H,19,23)(H,21,25). The second kappa shape index (κ2) is 7.76. The number of hydrogen-bond donors (Lipinski definition) is 2. The molecule has 3 aromatic rings. The lowest BCUT2D eigenvalue weighted by Crippen LogP contribution is -2.09. The maximum atomic E-state index is 11.0. The smallest absolute Gasteiger partial charge is 0.221 e. The van der Waals surface area contributed by atoms with Crippen molar-refractivity contribution in [2.75, 3.05) is 5.32 Å². The van der Waals surface area contributed by atoms with Crippen molar-refractivity contribution in [3.8, 4) is 5.75 Å².